The summed E-state index contributed by atoms with van der Waals surface area (Å²) < 4.78 is 26.6. The summed E-state index contributed by atoms with van der Waals surface area (Å²) in [5.41, 5.74) is 0. The van der Waals surface area contributed by atoms with Gasteiger partial charge in [-0.1, -0.05) is 13.3 Å². The van der Waals surface area contributed by atoms with E-state index in [4.69, 9.17) is 9.11 Å². The zero-order valence-corrected chi connectivity index (χ0v) is 5.77. The smallest absolute Gasteiger partial charge is 0.0732 e. The fourth-order valence-corrected chi connectivity index (χ4v) is 1.09. The summed E-state index contributed by atoms with van der Waals surface area (Å²) in [6.07, 6.45) is 1.45. The molecule has 0 aliphatic heterocycles. The summed E-state index contributed by atoms with van der Waals surface area (Å²) in [5.74, 6) is 0.0312. The zero-order valence-electron chi connectivity index (χ0n) is 4.87. The van der Waals surface area contributed by atoms with E-state index in [1.54, 1.807) is 0 Å². The summed E-state index contributed by atoms with van der Waals surface area (Å²) >= 11 is 0. The van der Waals surface area contributed by atoms with Gasteiger partial charge in [0.15, 0.2) is 0 Å². The topological polar surface area (TPSA) is 57.5 Å². The lowest BCUT2D eigenvalue weighted by Gasteiger charge is -2.06. The Morgan fingerprint density at radius 3 is 2.12 bits per heavy atom. The van der Waals surface area contributed by atoms with Crippen LogP contribution in [0.2, 0.25) is 0 Å². The molecule has 0 aliphatic rings. The van der Waals surface area contributed by atoms with Crippen molar-refractivity contribution in [2.45, 2.75) is 19.8 Å². The lowest BCUT2D eigenvalue weighted by molar-refractivity contribution is 0.421. The Kier molecular flexibility index (Phi) is 3.19. The van der Waals surface area contributed by atoms with Crippen molar-refractivity contribution in [1.82, 2.24) is 0 Å². The molecule has 0 bridgehead atoms. The third kappa shape index (κ3) is 6.07. The van der Waals surface area contributed by atoms with Crippen LogP contribution in [0.5, 0.6) is 0 Å². The van der Waals surface area contributed by atoms with Crippen LogP contribution in [0.3, 0.4) is 0 Å². The lowest BCUT2D eigenvalue weighted by atomic mass is 10.4. The minimum atomic E-state index is -3.68. The molecule has 0 aliphatic carbocycles. The normalized spacial score (nSPS) is 13.9. The molecule has 0 aromatic heterocycles. The number of rotatable bonds is 3. The maximum absolute atomic E-state index is 10.1. The van der Waals surface area contributed by atoms with Crippen LogP contribution in [0.25, 0.3) is 0 Å². The average molecular weight is 140 g/mol. The van der Waals surface area contributed by atoms with E-state index in [0.717, 1.165) is 6.42 Å². The van der Waals surface area contributed by atoms with E-state index in [2.05, 4.69) is 0 Å². The van der Waals surface area contributed by atoms with Gasteiger partial charge < -0.3 is 9.11 Å². The third-order valence-electron chi connectivity index (χ3n) is 0.803. The molecule has 3 nitrogen and oxygen atoms in total. The van der Waals surface area contributed by atoms with Crippen molar-refractivity contribution in [1.29, 1.82) is 0 Å². The summed E-state index contributed by atoms with van der Waals surface area (Å²) in [6.45, 7) is 1.90. The molecular weight excluding hydrogens is 128 g/mol. The first-order valence-corrected chi connectivity index (χ1v) is 4.40. The molecule has 8 heavy (non-hydrogen) atoms. The average Bonchev–Trinajstić information content (AvgIpc) is 1.59. The predicted octanol–water partition coefficient (Wildman–Crippen LogP) is 0.749. The molecular formula is C4H12O3S. The van der Waals surface area contributed by atoms with Gasteiger partial charge in [-0.25, -0.2) is 4.21 Å². The van der Waals surface area contributed by atoms with Gasteiger partial charge in [-0.3, -0.25) is 0 Å². The van der Waals surface area contributed by atoms with E-state index in [-0.39, 0.29) is 5.75 Å². The molecule has 0 saturated carbocycles. The third-order valence-corrected chi connectivity index (χ3v) is 1.70. The van der Waals surface area contributed by atoms with Crippen LogP contribution in [0.1, 0.15) is 19.8 Å². The Balaban J connectivity index is 3.26. The molecule has 0 amide bonds. The van der Waals surface area contributed by atoms with E-state index in [1.165, 1.54) is 0 Å². The lowest BCUT2D eigenvalue weighted by Crippen LogP contribution is -2.12. The largest absolute Gasteiger partial charge is 0.310 e. The van der Waals surface area contributed by atoms with E-state index in [0.29, 0.717) is 6.42 Å². The van der Waals surface area contributed by atoms with Crippen molar-refractivity contribution >= 4 is 10.5 Å². The highest BCUT2D eigenvalue weighted by Crippen LogP contribution is 1.96. The predicted molar refractivity (Wildman–Crippen MR) is 34.6 cm³/mol. The molecule has 0 saturated heterocycles. The van der Waals surface area contributed by atoms with Gasteiger partial charge in [0, 0.05) is 5.75 Å². The van der Waals surface area contributed by atoms with Gasteiger partial charge in [0.05, 0.1) is 10.5 Å². The van der Waals surface area contributed by atoms with Crippen LogP contribution in [-0.4, -0.2) is 19.1 Å². The molecule has 4 heteroatoms. The van der Waals surface area contributed by atoms with Crippen molar-refractivity contribution in [3.05, 3.63) is 0 Å². The van der Waals surface area contributed by atoms with E-state index >= 15 is 0 Å². The Bertz CT molecular complexity index is 95.5. The van der Waals surface area contributed by atoms with Crippen LogP contribution in [0, 0.1) is 0 Å². The first-order valence-electron chi connectivity index (χ1n) is 2.61. The summed E-state index contributed by atoms with van der Waals surface area (Å²) in [6, 6.07) is 0. The quantitative estimate of drug-likeness (QED) is 0.507. The zero-order chi connectivity index (χ0) is 6.62. The number of thiol groups is 1. The van der Waals surface area contributed by atoms with E-state index in [9.17, 15) is 4.21 Å². The van der Waals surface area contributed by atoms with Gasteiger partial charge in [-0.05, 0) is 6.42 Å². The molecule has 0 atom stereocenters. The van der Waals surface area contributed by atoms with Gasteiger partial charge in [-0.15, -0.1) is 0 Å². The Hall–Kier alpha value is 0.0700. The first-order chi connectivity index (χ1) is 3.56. The van der Waals surface area contributed by atoms with Gasteiger partial charge in [0.25, 0.3) is 0 Å². The van der Waals surface area contributed by atoms with Gasteiger partial charge >= 0.3 is 0 Å². The van der Waals surface area contributed by atoms with Gasteiger partial charge in [-0.2, -0.15) is 0 Å². The second-order valence-electron chi connectivity index (χ2n) is 1.74. The summed E-state index contributed by atoms with van der Waals surface area (Å²) in [5, 5.41) is 0. The van der Waals surface area contributed by atoms with Crippen molar-refractivity contribution in [3.63, 3.8) is 0 Å². The molecule has 0 rings (SSSR count). The molecule has 0 spiro atoms. The summed E-state index contributed by atoms with van der Waals surface area (Å²) in [4.78, 5) is 0. The highest BCUT2D eigenvalue weighted by Gasteiger charge is 1.99. The Morgan fingerprint density at radius 2 is 2.00 bits per heavy atom. The molecule has 0 aromatic rings. The minimum absolute atomic E-state index is 0.0312. The summed E-state index contributed by atoms with van der Waals surface area (Å²) in [7, 11) is -3.68. The molecule has 0 aromatic carbocycles. The standard InChI is InChI=1S/C4H12O3S/c1-2-3-4-8(5,6)7/h8H,2-4H2,1H3,(H2,5,6,7). The van der Waals surface area contributed by atoms with Gasteiger partial charge in [0.1, 0.15) is 0 Å². The maximum atomic E-state index is 10.1. The first kappa shape index (κ1) is 8.07. The number of hydrogen-bond acceptors (Lipinski definition) is 1. The maximum Gasteiger partial charge on any atom is 0.0732 e. The van der Waals surface area contributed by atoms with E-state index in [1.807, 2.05) is 6.92 Å². The molecule has 2 N–H and O–H groups in total. The van der Waals surface area contributed by atoms with Crippen LogP contribution in [0.4, 0.5) is 0 Å². The van der Waals surface area contributed by atoms with Crippen LogP contribution in [0.15, 0.2) is 0 Å². The van der Waals surface area contributed by atoms with Crippen molar-refractivity contribution < 1.29 is 13.3 Å². The number of unbranched alkanes of at least 4 members (excludes halogenated alkanes) is 1. The van der Waals surface area contributed by atoms with Crippen molar-refractivity contribution in [2.24, 2.45) is 0 Å². The molecule has 52 valence electrons. The monoisotopic (exact) mass is 140 g/mol. The minimum Gasteiger partial charge on any atom is -0.310 e. The van der Waals surface area contributed by atoms with Gasteiger partial charge in [0.2, 0.25) is 0 Å². The highest BCUT2D eigenvalue weighted by molar-refractivity contribution is 7.92. The molecule has 0 unspecified atom stereocenters. The molecule has 0 radical (unpaired) electrons. The molecule has 0 fully saturated rings. The Labute approximate surface area is 50.2 Å². The molecule has 0 heterocycles. The van der Waals surface area contributed by atoms with Crippen molar-refractivity contribution in [3.8, 4) is 0 Å². The second-order valence-corrected chi connectivity index (χ2v) is 3.52. The SMILES string of the molecule is CCCC[SH](=O)(O)O. The fraction of sp³-hybridized carbons (Fsp3) is 1.00. The number of hydrogen-bond donors (Lipinski definition) is 3. The van der Waals surface area contributed by atoms with Crippen LogP contribution < -0.4 is 0 Å². The van der Waals surface area contributed by atoms with Crippen LogP contribution >= 0.6 is 0 Å². The highest BCUT2D eigenvalue weighted by atomic mass is 32.3. The Morgan fingerprint density at radius 1 is 1.50 bits per heavy atom. The van der Waals surface area contributed by atoms with Crippen molar-refractivity contribution in [2.75, 3.05) is 5.75 Å². The fourth-order valence-electron chi connectivity index (χ4n) is 0.364. The van der Waals surface area contributed by atoms with E-state index < -0.39 is 10.5 Å². The second kappa shape index (κ2) is 3.17. The van der Waals surface area contributed by atoms with Crippen LogP contribution in [-0.2, 0) is 10.5 Å².